The highest BCUT2D eigenvalue weighted by Crippen LogP contribution is 2.24. The van der Waals surface area contributed by atoms with E-state index in [-0.39, 0.29) is 17.8 Å². The zero-order chi connectivity index (χ0) is 18.3. The van der Waals surface area contributed by atoms with E-state index in [2.05, 4.69) is 0 Å². The number of ether oxygens (including phenoxy) is 1. The summed E-state index contributed by atoms with van der Waals surface area (Å²) in [4.78, 5) is 14.8. The van der Waals surface area contributed by atoms with Gasteiger partial charge in [0.25, 0.3) is 0 Å². The van der Waals surface area contributed by atoms with Crippen molar-refractivity contribution >= 4 is 15.9 Å². The Kier molecular flexibility index (Phi) is 8.12. The minimum atomic E-state index is -3.34. The first kappa shape index (κ1) is 20.6. The Morgan fingerprint density at radius 2 is 1.88 bits per heavy atom. The number of sulfonamides is 1. The molecule has 1 atom stereocenters. The lowest BCUT2D eigenvalue weighted by Gasteiger charge is -2.39. The van der Waals surface area contributed by atoms with Gasteiger partial charge in [-0.05, 0) is 45.1 Å². The van der Waals surface area contributed by atoms with Crippen molar-refractivity contribution in [3.8, 4) is 0 Å². The smallest absolute Gasteiger partial charge is 0.241 e. The van der Waals surface area contributed by atoms with Crippen LogP contribution in [0.25, 0.3) is 0 Å². The molecule has 0 aromatic carbocycles. The number of likely N-dealkylation sites (tertiary alicyclic amines) is 1. The fraction of sp³-hybridized carbons (Fsp3) is 0.941. The fourth-order valence-electron chi connectivity index (χ4n) is 3.65. The van der Waals surface area contributed by atoms with E-state index in [9.17, 15) is 13.2 Å². The standard InChI is InChI=1S/C17H33N3O4S/c1-2-14-25(22,23)20-10-4-3-6-16(20)17(21)19-11-7-15(8-12-19)24-13-5-9-18/h15-16H,2-14,18H2,1H3. The molecule has 2 aliphatic rings. The van der Waals surface area contributed by atoms with Crippen molar-refractivity contribution in [3.05, 3.63) is 0 Å². The van der Waals surface area contributed by atoms with E-state index in [1.165, 1.54) is 4.31 Å². The van der Waals surface area contributed by atoms with Gasteiger partial charge in [0.2, 0.25) is 15.9 Å². The minimum Gasteiger partial charge on any atom is -0.378 e. The molecule has 0 aromatic rings. The molecule has 0 saturated carbocycles. The minimum absolute atomic E-state index is 0.0280. The number of hydrogen-bond acceptors (Lipinski definition) is 5. The molecule has 0 bridgehead atoms. The summed E-state index contributed by atoms with van der Waals surface area (Å²) in [5.74, 6) is 0.0909. The molecule has 1 amide bonds. The van der Waals surface area contributed by atoms with Crippen LogP contribution in [0.5, 0.6) is 0 Å². The van der Waals surface area contributed by atoms with Gasteiger partial charge in [-0.3, -0.25) is 4.79 Å². The van der Waals surface area contributed by atoms with Crippen molar-refractivity contribution in [3.63, 3.8) is 0 Å². The molecular weight excluding hydrogens is 342 g/mol. The van der Waals surface area contributed by atoms with Crippen LogP contribution in [0.4, 0.5) is 0 Å². The molecule has 2 rings (SSSR count). The zero-order valence-corrected chi connectivity index (χ0v) is 16.2. The number of carbonyl (C=O) groups excluding carboxylic acids is 1. The van der Waals surface area contributed by atoms with Gasteiger partial charge in [0, 0.05) is 26.2 Å². The maximum Gasteiger partial charge on any atom is 0.241 e. The lowest BCUT2D eigenvalue weighted by atomic mass is 10.0. The van der Waals surface area contributed by atoms with Crippen LogP contribution in [0, 0.1) is 0 Å². The largest absolute Gasteiger partial charge is 0.378 e. The zero-order valence-electron chi connectivity index (χ0n) is 15.4. The number of nitrogens with zero attached hydrogens (tertiary/aromatic N) is 2. The van der Waals surface area contributed by atoms with E-state index in [1.807, 2.05) is 11.8 Å². The summed E-state index contributed by atoms with van der Waals surface area (Å²) < 4.78 is 32.3. The molecule has 0 spiro atoms. The number of amides is 1. The molecule has 0 radical (unpaired) electrons. The molecule has 146 valence electrons. The predicted octanol–water partition coefficient (Wildman–Crippen LogP) is 0.937. The second-order valence-electron chi connectivity index (χ2n) is 6.98. The Hall–Kier alpha value is -0.700. The molecule has 2 aliphatic heterocycles. The highest BCUT2D eigenvalue weighted by atomic mass is 32.2. The van der Waals surface area contributed by atoms with Crippen molar-refractivity contribution in [2.45, 2.75) is 64.0 Å². The van der Waals surface area contributed by atoms with Gasteiger partial charge in [-0.15, -0.1) is 0 Å². The fourth-order valence-corrected chi connectivity index (χ4v) is 5.39. The summed E-state index contributed by atoms with van der Waals surface area (Å²) in [5.41, 5.74) is 5.47. The first-order valence-corrected chi connectivity index (χ1v) is 11.2. The average Bonchev–Trinajstić information content (AvgIpc) is 2.62. The average molecular weight is 376 g/mol. The Balaban J connectivity index is 1.92. The summed E-state index contributed by atoms with van der Waals surface area (Å²) in [6.07, 6.45) is 5.61. The molecule has 2 fully saturated rings. The molecule has 7 nitrogen and oxygen atoms in total. The summed E-state index contributed by atoms with van der Waals surface area (Å²) in [5, 5.41) is 0. The van der Waals surface area contributed by atoms with Crippen LogP contribution >= 0.6 is 0 Å². The van der Waals surface area contributed by atoms with Crippen LogP contribution in [0.2, 0.25) is 0 Å². The highest BCUT2D eigenvalue weighted by Gasteiger charge is 2.39. The summed E-state index contributed by atoms with van der Waals surface area (Å²) in [7, 11) is -3.34. The summed E-state index contributed by atoms with van der Waals surface area (Å²) in [6, 6.07) is -0.514. The van der Waals surface area contributed by atoms with Crippen molar-refractivity contribution in [1.82, 2.24) is 9.21 Å². The quantitative estimate of drug-likeness (QED) is 0.637. The van der Waals surface area contributed by atoms with Gasteiger partial charge in [-0.1, -0.05) is 13.3 Å². The molecule has 2 N–H and O–H groups in total. The van der Waals surface area contributed by atoms with Crippen molar-refractivity contribution in [2.24, 2.45) is 5.73 Å². The Morgan fingerprint density at radius 3 is 2.52 bits per heavy atom. The lowest BCUT2D eigenvalue weighted by molar-refractivity contribution is -0.138. The first-order chi connectivity index (χ1) is 12.0. The number of hydrogen-bond donors (Lipinski definition) is 1. The number of piperidine rings is 2. The normalized spacial score (nSPS) is 23.8. The molecule has 2 heterocycles. The second-order valence-corrected chi connectivity index (χ2v) is 9.02. The van der Waals surface area contributed by atoms with Crippen molar-refractivity contribution < 1.29 is 17.9 Å². The Morgan fingerprint density at radius 1 is 1.16 bits per heavy atom. The van der Waals surface area contributed by atoms with E-state index in [1.54, 1.807) is 0 Å². The van der Waals surface area contributed by atoms with E-state index in [0.29, 0.717) is 45.6 Å². The van der Waals surface area contributed by atoms with Gasteiger partial charge in [0.05, 0.1) is 11.9 Å². The maximum absolute atomic E-state index is 12.9. The van der Waals surface area contributed by atoms with E-state index in [0.717, 1.165) is 32.1 Å². The van der Waals surface area contributed by atoms with Gasteiger partial charge in [0.1, 0.15) is 6.04 Å². The van der Waals surface area contributed by atoms with Crippen molar-refractivity contribution in [1.29, 1.82) is 0 Å². The van der Waals surface area contributed by atoms with Crippen LogP contribution in [-0.4, -0.2) is 74.2 Å². The van der Waals surface area contributed by atoms with Gasteiger partial charge >= 0.3 is 0 Å². The summed E-state index contributed by atoms with van der Waals surface area (Å²) >= 11 is 0. The number of nitrogens with two attached hydrogens (primary N) is 1. The Bertz CT molecular complexity index is 518. The van der Waals surface area contributed by atoms with E-state index >= 15 is 0 Å². The molecule has 1 unspecified atom stereocenters. The van der Waals surface area contributed by atoms with E-state index < -0.39 is 16.1 Å². The predicted molar refractivity (Wildman–Crippen MR) is 97.6 cm³/mol. The summed E-state index contributed by atoms with van der Waals surface area (Å²) in [6.45, 7) is 4.90. The van der Waals surface area contributed by atoms with Crippen LogP contribution in [0.3, 0.4) is 0 Å². The number of carbonyl (C=O) groups is 1. The van der Waals surface area contributed by atoms with Gasteiger partial charge in [-0.25, -0.2) is 8.42 Å². The highest BCUT2D eigenvalue weighted by molar-refractivity contribution is 7.89. The second kappa shape index (κ2) is 9.85. The SMILES string of the molecule is CCCS(=O)(=O)N1CCCCC1C(=O)N1CCC(OCCCN)CC1. The molecule has 8 heteroatoms. The third-order valence-corrected chi connectivity index (χ3v) is 7.09. The van der Waals surface area contributed by atoms with Crippen LogP contribution in [0.15, 0.2) is 0 Å². The first-order valence-electron chi connectivity index (χ1n) is 9.59. The Labute approximate surface area is 151 Å². The van der Waals surface area contributed by atoms with Crippen LogP contribution < -0.4 is 5.73 Å². The number of rotatable bonds is 8. The molecule has 2 saturated heterocycles. The van der Waals surface area contributed by atoms with Gasteiger partial charge in [-0.2, -0.15) is 4.31 Å². The molecule has 0 aliphatic carbocycles. The molecular formula is C17H33N3O4S. The van der Waals surface area contributed by atoms with Crippen LogP contribution in [0.1, 0.15) is 51.9 Å². The third kappa shape index (κ3) is 5.64. The van der Waals surface area contributed by atoms with E-state index in [4.69, 9.17) is 10.5 Å². The maximum atomic E-state index is 12.9. The van der Waals surface area contributed by atoms with Gasteiger partial charge < -0.3 is 15.4 Å². The van der Waals surface area contributed by atoms with Crippen molar-refractivity contribution in [2.75, 3.05) is 38.5 Å². The third-order valence-electron chi connectivity index (χ3n) is 5.01. The molecule has 25 heavy (non-hydrogen) atoms. The lowest BCUT2D eigenvalue weighted by Crippen LogP contribution is -2.55. The monoisotopic (exact) mass is 375 g/mol. The van der Waals surface area contributed by atoms with Crippen LogP contribution in [-0.2, 0) is 19.6 Å². The van der Waals surface area contributed by atoms with Gasteiger partial charge in [0.15, 0.2) is 0 Å². The topological polar surface area (TPSA) is 92.9 Å². The molecule has 0 aromatic heterocycles.